The van der Waals surface area contributed by atoms with Crippen LogP contribution in [-0.2, 0) is 21.0 Å². The quantitative estimate of drug-likeness (QED) is 0.132. The first kappa shape index (κ1) is 35.1. The number of aliphatic carboxylic acids is 1. The van der Waals surface area contributed by atoms with Crippen LogP contribution in [0.5, 0.6) is 0 Å². The molecule has 0 aliphatic carbocycles. The predicted octanol–water partition coefficient (Wildman–Crippen LogP) is 7.11. The number of benzene rings is 1. The summed E-state index contributed by atoms with van der Waals surface area (Å²) < 4.78 is 19.3. The summed E-state index contributed by atoms with van der Waals surface area (Å²) in [4.78, 5) is 35.9. The van der Waals surface area contributed by atoms with Gasteiger partial charge in [0.05, 0.1) is 22.8 Å². The molecule has 0 radical (unpaired) electrons. The van der Waals surface area contributed by atoms with E-state index in [1.807, 2.05) is 20.8 Å². The second kappa shape index (κ2) is 13.7. The molecule has 1 aromatic carbocycles. The maximum atomic E-state index is 12.9. The van der Waals surface area contributed by atoms with Gasteiger partial charge in [-0.05, 0) is 71.2 Å². The summed E-state index contributed by atoms with van der Waals surface area (Å²) >= 11 is 0. The number of rotatable bonds is 10. The number of carbonyl (C=O) groups excluding carboxylic acids is 1. The van der Waals surface area contributed by atoms with Crippen molar-refractivity contribution in [2.24, 2.45) is 5.92 Å². The van der Waals surface area contributed by atoms with Gasteiger partial charge in [-0.25, -0.2) is 14.8 Å². The van der Waals surface area contributed by atoms with Crippen LogP contribution >= 0.6 is 0 Å². The fourth-order valence-corrected chi connectivity index (χ4v) is 6.76. The van der Waals surface area contributed by atoms with Gasteiger partial charge in [0.15, 0.2) is 0 Å². The van der Waals surface area contributed by atoms with E-state index in [9.17, 15) is 14.7 Å². The highest BCUT2D eigenvalue weighted by molar-refractivity contribution is 6.76. The normalized spacial score (nSPS) is 17.1. The lowest BCUT2D eigenvalue weighted by molar-refractivity contribution is -0.143. The second-order valence-electron chi connectivity index (χ2n) is 15.0. The lowest BCUT2D eigenvalue weighted by atomic mass is 9.94. The number of amides is 1. The highest BCUT2D eigenvalue weighted by atomic mass is 28.3. The van der Waals surface area contributed by atoms with Crippen molar-refractivity contribution in [1.29, 1.82) is 0 Å². The van der Waals surface area contributed by atoms with Crippen molar-refractivity contribution < 1.29 is 28.7 Å². The van der Waals surface area contributed by atoms with Gasteiger partial charge in [0, 0.05) is 62.7 Å². The number of piperidine rings is 1. The summed E-state index contributed by atoms with van der Waals surface area (Å²) in [5, 5.41) is 18.3. The molecular formula is C35H48N6O6Si. The number of likely N-dealkylation sites (tertiary alicyclic amines) is 1. The summed E-state index contributed by atoms with van der Waals surface area (Å²) in [7, 11) is -1.26. The molecular weight excluding hydrogens is 629 g/mol. The van der Waals surface area contributed by atoms with E-state index in [4.69, 9.17) is 19.0 Å². The Balaban J connectivity index is 1.48. The Morgan fingerprint density at radius 2 is 1.90 bits per heavy atom. The van der Waals surface area contributed by atoms with Crippen LogP contribution in [0.4, 0.5) is 10.7 Å². The highest BCUT2D eigenvalue weighted by Crippen LogP contribution is 2.36. The lowest BCUT2D eigenvalue weighted by Gasteiger charge is -2.37. The molecule has 1 fully saturated rings. The zero-order valence-electron chi connectivity index (χ0n) is 29.5. The number of nitrogens with zero attached hydrogens (tertiary/aromatic N) is 5. The van der Waals surface area contributed by atoms with E-state index in [2.05, 4.69) is 64.1 Å². The minimum Gasteiger partial charge on any atom is -0.481 e. The molecule has 3 aromatic heterocycles. The minimum atomic E-state index is -1.26. The molecule has 1 aliphatic heterocycles. The van der Waals surface area contributed by atoms with Crippen LogP contribution in [-0.4, -0.2) is 81.2 Å². The summed E-state index contributed by atoms with van der Waals surface area (Å²) in [6, 6.07) is 6.99. The second-order valence-corrected chi connectivity index (χ2v) is 20.6. The molecule has 4 aromatic rings. The number of carbonyl (C=O) groups is 2. The SMILES string of the molecule is Cc1cnc(N[C@H]2C[C@@H](C(=O)O)CN(C(=O)OC(C)(C)C)C2)nc1-c1cn(COCC[Si](C)(C)C)c2cc(-c3c(C)noc3C)ccc12. The topological polar surface area (TPSA) is 145 Å². The van der Waals surface area contributed by atoms with Crippen molar-refractivity contribution in [2.75, 3.05) is 25.0 Å². The smallest absolute Gasteiger partial charge is 0.410 e. The molecule has 2 N–H and O–H groups in total. The molecule has 0 unspecified atom stereocenters. The monoisotopic (exact) mass is 676 g/mol. The number of hydrogen-bond acceptors (Lipinski definition) is 9. The lowest BCUT2D eigenvalue weighted by Crippen LogP contribution is -2.51. The fourth-order valence-electron chi connectivity index (χ4n) is 6.00. The Morgan fingerprint density at radius 1 is 1.15 bits per heavy atom. The first-order chi connectivity index (χ1) is 22.5. The third-order valence-electron chi connectivity index (χ3n) is 8.44. The maximum absolute atomic E-state index is 12.9. The van der Waals surface area contributed by atoms with E-state index in [1.54, 1.807) is 27.0 Å². The van der Waals surface area contributed by atoms with Crippen LogP contribution in [0.3, 0.4) is 0 Å². The summed E-state index contributed by atoms with van der Waals surface area (Å²) in [6.07, 6.45) is 3.61. The van der Waals surface area contributed by atoms with Crippen LogP contribution in [0.2, 0.25) is 25.7 Å². The molecule has 48 heavy (non-hydrogen) atoms. The highest BCUT2D eigenvalue weighted by Gasteiger charge is 2.36. The number of aryl methyl sites for hydroxylation is 3. The molecule has 2 atom stereocenters. The van der Waals surface area contributed by atoms with Crippen LogP contribution in [0, 0.1) is 26.7 Å². The van der Waals surface area contributed by atoms with E-state index in [0.717, 1.165) is 56.3 Å². The summed E-state index contributed by atoms with van der Waals surface area (Å²) in [6.45, 7) is 19.6. The van der Waals surface area contributed by atoms with Crippen molar-refractivity contribution in [3.05, 3.63) is 47.6 Å². The number of carboxylic acid groups (broad SMARTS) is 1. The van der Waals surface area contributed by atoms with Crippen molar-refractivity contribution >= 4 is 37.0 Å². The molecule has 1 saturated heterocycles. The third-order valence-corrected chi connectivity index (χ3v) is 10.1. The molecule has 1 amide bonds. The molecule has 0 spiro atoms. The van der Waals surface area contributed by atoms with Crippen molar-refractivity contribution in [3.63, 3.8) is 0 Å². The zero-order chi connectivity index (χ0) is 35.0. The van der Waals surface area contributed by atoms with E-state index >= 15 is 0 Å². The van der Waals surface area contributed by atoms with Gasteiger partial charge < -0.3 is 33.9 Å². The molecule has 1 aliphatic rings. The zero-order valence-corrected chi connectivity index (χ0v) is 30.5. The Bertz CT molecular complexity index is 1780. The first-order valence-corrected chi connectivity index (χ1v) is 20.1. The van der Waals surface area contributed by atoms with Gasteiger partial charge in [-0.3, -0.25) is 4.79 Å². The van der Waals surface area contributed by atoms with E-state index in [0.29, 0.717) is 25.7 Å². The van der Waals surface area contributed by atoms with Gasteiger partial charge in [-0.1, -0.05) is 36.9 Å². The average Bonchev–Trinajstić information content (AvgIpc) is 3.52. The predicted molar refractivity (Wildman–Crippen MR) is 188 cm³/mol. The van der Waals surface area contributed by atoms with Crippen molar-refractivity contribution in [2.45, 2.75) is 92.0 Å². The maximum Gasteiger partial charge on any atom is 0.410 e. The van der Waals surface area contributed by atoms with E-state index < -0.39 is 31.7 Å². The molecule has 5 rings (SSSR count). The van der Waals surface area contributed by atoms with Crippen molar-refractivity contribution in [1.82, 2.24) is 24.6 Å². The first-order valence-electron chi connectivity index (χ1n) is 16.4. The third kappa shape index (κ3) is 8.24. The fraction of sp³-hybridized carbons (Fsp3) is 0.514. The number of nitrogens with one attached hydrogen (secondary N) is 1. The largest absolute Gasteiger partial charge is 0.481 e. The molecule has 0 bridgehead atoms. The minimum absolute atomic E-state index is 0.0812. The van der Waals surface area contributed by atoms with Crippen LogP contribution in [0.25, 0.3) is 33.3 Å². The Hall–Kier alpha value is -4.23. The molecule has 4 heterocycles. The summed E-state index contributed by atoms with van der Waals surface area (Å²) in [5.41, 5.74) is 5.67. The molecule has 12 nitrogen and oxygen atoms in total. The van der Waals surface area contributed by atoms with Crippen LogP contribution < -0.4 is 5.32 Å². The van der Waals surface area contributed by atoms with E-state index in [-0.39, 0.29) is 19.1 Å². The van der Waals surface area contributed by atoms with Gasteiger partial charge in [-0.15, -0.1) is 0 Å². The number of anilines is 1. The van der Waals surface area contributed by atoms with Gasteiger partial charge >= 0.3 is 12.1 Å². The standard InChI is InChI=1S/C35H48N6O6Si/c1-21-16-36-33(37-26-14-25(32(42)43)17-40(18-26)34(44)46-35(4,5)6)38-31(21)28-19-41(20-45-12-13-48(7,8)9)29-15-24(10-11-27(28)29)30-22(2)39-47-23(30)3/h10-11,15-16,19,25-26H,12-14,17-18,20H2,1-9H3,(H,42,43)(H,36,37,38)/t25-,26+/m1/s1. The number of hydrogen-bond donors (Lipinski definition) is 2. The average molecular weight is 677 g/mol. The van der Waals surface area contributed by atoms with Crippen LogP contribution in [0.15, 0.2) is 35.1 Å². The Morgan fingerprint density at radius 3 is 2.54 bits per heavy atom. The molecule has 258 valence electrons. The van der Waals surface area contributed by atoms with Gasteiger partial charge in [0.25, 0.3) is 0 Å². The van der Waals surface area contributed by atoms with Gasteiger partial charge in [-0.2, -0.15) is 0 Å². The van der Waals surface area contributed by atoms with Crippen molar-refractivity contribution in [3.8, 4) is 22.4 Å². The van der Waals surface area contributed by atoms with Gasteiger partial charge in [0.1, 0.15) is 18.1 Å². The number of carboxylic acids is 1. The van der Waals surface area contributed by atoms with Crippen LogP contribution in [0.1, 0.15) is 44.2 Å². The Labute approximate surface area is 282 Å². The van der Waals surface area contributed by atoms with E-state index in [1.165, 1.54) is 4.90 Å². The number of ether oxygens (including phenoxy) is 2. The van der Waals surface area contributed by atoms with Gasteiger partial charge in [0.2, 0.25) is 5.95 Å². The Kier molecular flexibility index (Phi) is 10.0. The number of aromatic nitrogens is 4. The molecule has 13 heteroatoms. The number of fused-ring (bicyclic) bond motifs is 1. The molecule has 0 saturated carbocycles. The summed E-state index contributed by atoms with van der Waals surface area (Å²) in [5.74, 6) is -0.594.